The zero-order valence-electron chi connectivity index (χ0n) is 10.4. The first-order valence-electron chi connectivity index (χ1n) is 6.70. The molecule has 0 aromatic heterocycles. The summed E-state index contributed by atoms with van der Waals surface area (Å²) in [4.78, 5) is 0. The van der Waals surface area contributed by atoms with E-state index in [0.717, 1.165) is 24.6 Å². The topological polar surface area (TPSA) is 12.0 Å². The van der Waals surface area contributed by atoms with Crippen molar-refractivity contribution in [1.29, 1.82) is 0 Å². The van der Waals surface area contributed by atoms with E-state index in [1.54, 1.807) is 0 Å². The van der Waals surface area contributed by atoms with Gasteiger partial charge in [-0.1, -0.05) is 55.7 Å². The van der Waals surface area contributed by atoms with Gasteiger partial charge >= 0.3 is 0 Å². The lowest BCUT2D eigenvalue weighted by molar-refractivity contribution is 0.486. The number of benzene rings is 1. The molecule has 1 nitrogen and oxygen atoms in total. The van der Waals surface area contributed by atoms with Crippen molar-refractivity contribution in [2.75, 3.05) is 13.1 Å². The Kier molecular flexibility index (Phi) is 5.13. The summed E-state index contributed by atoms with van der Waals surface area (Å²) in [6.07, 6.45) is 7.10. The normalized spacial score (nSPS) is 15.5. The highest BCUT2D eigenvalue weighted by atomic mass is 14.8. The first-order chi connectivity index (χ1) is 8.45. The molecule has 1 heteroatoms. The molecule has 1 aromatic rings. The van der Waals surface area contributed by atoms with Gasteiger partial charge in [-0.3, -0.25) is 0 Å². The zero-order valence-corrected chi connectivity index (χ0v) is 10.4. The van der Waals surface area contributed by atoms with Crippen molar-refractivity contribution < 1.29 is 0 Å². The quantitative estimate of drug-likeness (QED) is 0.615. The highest BCUT2D eigenvalue weighted by Gasteiger charge is 2.13. The minimum Gasteiger partial charge on any atom is -0.306 e. The van der Waals surface area contributed by atoms with Gasteiger partial charge in [-0.2, -0.15) is 0 Å². The molecule has 0 amide bonds. The molecule has 1 N–H and O–H groups in total. The van der Waals surface area contributed by atoms with Gasteiger partial charge in [0.25, 0.3) is 0 Å². The monoisotopic (exact) mass is 227 g/mol. The van der Waals surface area contributed by atoms with Gasteiger partial charge in [0.15, 0.2) is 0 Å². The first-order valence-corrected chi connectivity index (χ1v) is 6.70. The number of hydrogen-bond acceptors (Lipinski definition) is 1. The summed E-state index contributed by atoms with van der Waals surface area (Å²) in [5, 5.41) is 3.41. The number of hydrogen-bond donors (Lipinski definition) is 1. The van der Waals surface area contributed by atoms with Crippen molar-refractivity contribution in [3.63, 3.8) is 0 Å². The Morgan fingerprint density at radius 3 is 2.65 bits per heavy atom. The average molecular weight is 227 g/mol. The lowest BCUT2D eigenvalue weighted by Crippen LogP contribution is -2.17. The van der Waals surface area contributed by atoms with Crippen LogP contribution in [0, 0.1) is 17.8 Å². The van der Waals surface area contributed by atoms with Gasteiger partial charge in [-0.15, -0.1) is 0 Å². The van der Waals surface area contributed by atoms with Crippen LogP contribution in [-0.4, -0.2) is 13.1 Å². The third-order valence-corrected chi connectivity index (χ3v) is 3.42. The second-order valence-electron chi connectivity index (χ2n) is 4.78. The van der Waals surface area contributed by atoms with Crippen molar-refractivity contribution in [3.05, 3.63) is 35.9 Å². The fraction of sp³-hybridized carbons (Fsp3) is 0.500. The Labute approximate surface area is 105 Å². The van der Waals surface area contributed by atoms with Crippen LogP contribution in [0.5, 0.6) is 0 Å². The Morgan fingerprint density at radius 2 is 1.88 bits per heavy atom. The summed E-state index contributed by atoms with van der Waals surface area (Å²) >= 11 is 0. The van der Waals surface area contributed by atoms with Crippen LogP contribution in [0.3, 0.4) is 0 Å². The zero-order chi connectivity index (χ0) is 11.8. The standard InChI is InChI=1S/C16H21N/c1-2-7-15(8-3-1)11-6-13-17-14-12-16-9-4-5-10-16/h1-3,7-8,16-17H,4-5,9-10,12-14H2. The van der Waals surface area contributed by atoms with E-state index in [0.29, 0.717) is 0 Å². The van der Waals surface area contributed by atoms with Crippen LogP contribution in [0.1, 0.15) is 37.7 Å². The van der Waals surface area contributed by atoms with Gasteiger partial charge in [0.2, 0.25) is 0 Å². The molecule has 0 saturated heterocycles. The molecule has 1 saturated carbocycles. The van der Waals surface area contributed by atoms with Gasteiger partial charge < -0.3 is 5.32 Å². The van der Waals surface area contributed by atoms with Crippen LogP contribution in [-0.2, 0) is 0 Å². The fourth-order valence-electron chi connectivity index (χ4n) is 2.42. The summed E-state index contributed by atoms with van der Waals surface area (Å²) in [6.45, 7) is 1.93. The summed E-state index contributed by atoms with van der Waals surface area (Å²) in [7, 11) is 0. The fourth-order valence-corrected chi connectivity index (χ4v) is 2.42. The number of nitrogens with one attached hydrogen (secondary N) is 1. The van der Waals surface area contributed by atoms with Crippen LogP contribution in [0.15, 0.2) is 30.3 Å². The maximum absolute atomic E-state index is 3.41. The Morgan fingerprint density at radius 1 is 1.12 bits per heavy atom. The summed E-state index contributed by atoms with van der Waals surface area (Å²) in [5.41, 5.74) is 1.10. The highest BCUT2D eigenvalue weighted by Crippen LogP contribution is 2.26. The molecule has 1 aromatic carbocycles. The predicted molar refractivity (Wildman–Crippen MR) is 72.8 cm³/mol. The summed E-state index contributed by atoms with van der Waals surface area (Å²) in [6, 6.07) is 10.2. The molecule has 0 unspecified atom stereocenters. The highest BCUT2D eigenvalue weighted by molar-refractivity contribution is 5.33. The minimum atomic E-state index is 0.807. The smallest absolute Gasteiger partial charge is 0.0580 e. The predicted octanol–water partition coefficient (Wildman–Crippen LogP) is 3.21. The van der Waals surface area contributed by atoms with E-state index < -0.39 is 0 Å². The van der Waals surface area contributed by atoms with E-state index in [1.807, 2.05) is 30.3 Å². The molecule has 1 fully saturated rings. The molecule has 17 heavy (non-hydrogen) atoms. The Bertz CT molecular complexity index is 366. The Balaban J connectivity index is 1.58. The molecular formula is C16H21N. The van der Waals surface area contributed by atoms with Crippen LogP contribution >= 0.6 is 0 Å². The second-order valence-corrected chi connectivity index (χ2v) is 4.78. The van der Waals surface area contributed by atoms with Gasteiger partial charge in [-0.25, -0.2) is 0 Å². The maximum atomic E-state index is 3.41. The van der Waals surface area contributed by atoms with Crippen molar-refractivity contribution in [2.24, 2.45) is 5.92 Å². The molecule has 90 valence electrons. The van der Waals surface area contributed by atoms with Crippen LogP contribution < -0.4 is 5.32 Å². The number of rotatable bonds is 4. The van der Waals surface area contributed by atoms with E-state index in [2.05, 4.69) is 17.2 Å². The molecule has 0 spiro atoms. The van der Waals surface area contributed by atoms with Gasteiger partial charge in [0.1, 0.15) is 0 Å². The van der Waals surface area contributed by atoms with E-state index in [4.69, 9.17) is 0 Å². The molecular weight excluding hydrogens is 206 g/mol. The Hall–Kier alpha value is -1.26. The molecule has 0 radical (unpaired) electrons. The minimum absolute atomic E-state index is 0.807. The lowest BCUT2D eigenvalue weighted by Gasteiger charge is -2.07. The van der Waals surface area contributed by atoms with Crippen molar-refractivity contribution in [3.8, 4) is 11.8 Å². The van der Waals surface area contributed by atoms with Crippen LogP contribution in [0.4, 0.5) is 0 Å². The first kappa shape index (κ1) is 12.2. The van der Waals surface area contributed by atoms with Crippen molar-refractivity contribution in [1.82, 2.24) is 5.32 Å². The summed E-state index contributed by atoms with van der Waals surface area (Å²) in [5.74, 6) is 7.30. The largest absolute Gasteiger partial charge is 0.306 e. The molecule has 0 aliphatic heterocycles. The van der Waals surface area contributed by atoms with Gasteiger partial charge in [0.05, 0.1) is 6.54 Å². The maximum Gasteiger partial charge on any atom is 0.0580 e. The molecule has 2 rings (SSSR count). The van der Waals surface area contributed by atoms with Gasteiger partial charge in [0, 0.05) is 5.56 Å². The third-order valence-electron chi connectivity index (χ3n) is 3.42. The molecule has 1 aliphatic rings. The van der Waals surface area contributed by atoms with E-state index in [9.17, 15) is 0 Å². The van der Waals surface area contributed by atoms with Crippen molar-refractivity contribution in [2.45, 2.75) is 32.1 Å². The van der Waals surface area contributed by atoms with Crippen LogP contribution in [0.2, 0.25) is 0 Å². The van der Waals surface area contributed by atoms with E-state index in [1.165, 1.54) is 32.1 Å². The van der Waals surface area contributed by atoms with Crippen LogP contribution in [0.25, 0.3) is 0 Å². The lowest BCUT2D eigenvalue weighted by atomic mass is 10.0. The van der Waals surface area contributed by atoms with Crippen molar-refractivity contribution >= 4 is 0 Å². The molecule has 0 bridgehead atoms. The average Bonchev–Trinajstić information content (AvgIpc) is 2.88. The molecule has 1 aliphatic carbocycles. The second kappa shape index (κ2) is 7.14. The van der Waals surface area contributed by atoms with E-state index in [-0.39, 0.29) is 0 Å². The SMILES string of the molecule is C(#Cc1ccccc1)CNCCC1CCCC1. The van der Waals surface area contributed by atoms with Gasteiger partial charge in [-0.05, 0) is 31.0 Å². The molecule has 0 atom stereocenters. The molecule has 0 heterocycles. The third kappa shape index (κ3) is 4.63. The van der Waals surface area contributed by atoms with E-state index >= 15 is 0 Å². The summed E-state index contributed by atoms with van der Waals surface area (Å²) < 4.78 is 0.